The minimum Gasteiger partial charge on any atom is -0.504 e. The number of phenols is 10. The van der Waals surface area contributed by atoms with Crippen molar-refractivity contribution in [2.24, 2.45) is 0 Å². The van der Waals surface area contributed by atoms with Crippen molar-refractivity contribution in [2.45, 2.75) is 6.92 Å². The molecule has 0 spiro atoms. The van der Waals surface area contributed by atoms with Crippen molar-refractivity contribution in [3.05, 3.63) is 141 Å². The highest BCUT2D eigenvalue weighted by Crippen LogP contribution is 2.39. The van der Waals surface area contributed by atoms with E-state index in [1.54, 1.807) is 19.1 Å². The second-order valence-corrected chi connectivity index (χ2v) is 10.1. The van der Waals surface area contributed by atoms with E-state index in [9.17, 15) is 50.6 Å². The Balaban J connectivity index is 0.000000353. The molecule has 0 aromatic heterocycles. The molecule has 56 heavy (non-hydrogen) atoms. The molecule has 0 aliphatic rings. The highest BCUT2D eigenvalue weighted by Gasteiger charge is 2.23. The average Bonchev–Trinajstić information content (AvgIpc) is 3.08. The highest BCUT2D eigenvalue weighted by atomic mass is 16.6. The molecular weight excluding hydrogens is 762 g/mol. The normalized spacial score (nSPS) is 9.52. The van der Waals surface area contributed by atoms with E-state index >= 15 is 0 Å². The van der Waals surface area contributed by atoms with E-state index in [1.807, 2.05) is 0 Å². The zero-order valence-electron chi connectivity index (χ0n) is 27.9. The van der Waals surface area contributed by atoms with Gasteiger partial charge in [0, 0.05) is 6.07 Å². The average molecular weight is 790 g/mol. The Kier molecular flexibility index (Phi) is 16.3. The summed E-state index contributed by atoms with van der Waals surface area (Å²) < 4.78 is 0. The zero-order chi connectivity index (χ0) is 43.0. The second-order valence-electron chi connectivity index (χ2n) is 10.1. The number of aryl methyl sites for hydroxylation is 1. The summed E-state index contributed by atoms with van der Waals surface area (Å²) in [5.41, 5.74) is -2.56. The number of nitro benzene ring substituents is 5. The number of hydrogen-bond donors (Lipinski definition) is 10. The monoisotopic (exact) mass is 789 g/mol. The lowest BCUT2D eigenvalue weighted by atomic mass is 10.2. The maximum absolute atomic E-state index is 10.3. The van der Waals surface area contributed by atoms with Crippen molar-refractivity contribution < 1.29 is 75.7 Å². The van der Waals surface area contributed by atoms with Crippen LogP contribution in [0.25, 0.3) is 0 Å². The minimum absolute atomic E-state index is 0.0764. The van der Waals surface area contributed by atoms with E-state index in [2.05, 4.69) is 0 Å². The van der Waals surface area contributed by atoms with Crippen LogP contribution in [0.15, 0.2) is 84.9 Å². The predicted molar refractivity (Wildman–Crippen MR) is 187 cm³/mol. The molecule has 0 aliphatic heterocycles. The van der Waals surface area contributed by atoms with E-state index in [1.165, 1.54) is 30.3 Å². The molecule has 0 radical (unpaired) electrons. The Bertz CT molecular complexity index is 2180. The quantitative estimate of drug-likeness (QED) is 0.0610. The Morgan fingerprint density at radius 2 is 0.768 bits per heavy atom. The first-order valence-electron chi connectivity index (χ1n) is 14.3. The van der Waals surface area contributed by atoms with E-state index in [0.717, 1.165) is 30.3 Å². The number of nitro groups is 5. The number of nitrogens with zero attached hydrogens (tertiary/aromatic N) is 5. The lowest BCUT2D eigenvalue weighted by Crippen LogP contribution is -1.93. The van der Waals surface area contributed by atoms with Crippen LogP contribution in [-0.4, -0.2) is 75.7 Å². The number of para-hydroxylation sites is 3. The van der Waals surface area contributed by atoms with Gasteiger partial charge in [-0.3, -0.25) is 50.6 Å². The summed E-state index contributed by atoms with van der Waals surface area (Å²) in [5.74, 6) is -4.98. The summed E-state index contributed by atoms with van der Waals surface area (Å²) in [4.78, 5) is 46.7. The predicted octanol–water partition coefficient (Wildman–Crippen LogP) is 5.34. The Morgan fingerprint density at radius 1 is 0.375 bits per heavy atom. The first-order chi connectivity index (χ1) is 26.0. The smallest absolute Gasteiger partial charge is 0.351 e. The van der Waals surface area contributed by atoms with Crippen molar-refractivity contribution in [1.29, 1.82) is 0 Å². The Hall–Kier alpha value is -8.90. The van der Waals surface area contributed by atoms with Gasteiger partial charge in [0.15, 0.2) is 51.7 Å². The number of non-ortho nitro benzene ring substituents is 2. The van der Waals surface area contributed by atoms with Gasteiger partial charge in [0.25, 0.3) is 11.4 Å². The summed E-state index contributed by atoms with van der Waals surface area (Å²) in [5, 5.41) is 140. The van der Waals surface area contributed by atoms with Crippen molar-refractivity contribution in [3.8, 4) is 57.5 Å². The van der Waals surface area contributed by atoms with Crippen LogP contribution in [0.2, 0.25) is 0 Å². The number of rotatable bonds is 5. The third-order valence-electron chi connectivity index (χ3n) is 6.09. The molecule has 0 atom stereocenters. The first-order valence-corrected chi connectivity index (χ1v) is 14.3. The third kappa shape index (κ3) is 13.3. The van der Waals surface area contributed by atoms with E-state index in [-0.39, 0.29) is 22.9 Å². The molecular formula is C31H27N5O20. The lowest BCUT2D eigenvalue weighted by molar-refractivity contribution is -0.394. The summed E-state index contributed by atoms with van der Waals surface area (Å²) in [6, 6.07) is 16.4. The lowest BCUT2D eigenvalue weighted by Gasteiger charge is -1.99. The van der Waals surface area contributed by atoms with Gasteiger partial charge >= 0.3 is 17.1 Å². The van der Waals surface area contributed by atoms with E-state index in [0.29, 0.717) is 17.7 Å². The van der Waals surface area contributed by atoms with Crippen molar-refractivity contribution in [3.63, 3.8) is 0 Å². The minimum atomic E-state index is -1.03. The number of phenolic OH excluding ortho intramolecular Hbond substituents is 10. The second kappa shape index (κ2) is 20.2. The molecule has 5 aromatic carbocycles. The van der Waals surface area contributed by atoms with Gasteiger partial charge in [0.05, 0.1) is 42.8 Å². The molecule has 0 amide bonds. The van der Waals surface area contributed by atoms with Crippen LogP contribution in [0, 0.1) is 57.5 Å². The molecule has 0 saturated carbocycles. The molecule has 0 unspecified atom stereocenters. The third-order valence-corrected chi connectivity index (χ3v) is 6.09. The standard InChI is InChI=1S/C7H7NO4.C6H4N2O6.2C6H5NO4.C6H6O2/c1-4-2-5(9)7(8(11)12)6(10)3-4;9-5-2-3(7(11)12)1-4(6(5)10)8(13)14;8-5-2-1-4(7(10)11)3-6(5)9;8-4-2-1-3-5(9)6(4)7(10)11;7-5-3-1-2-4-6(5)8/h2-3,9-10H,1H3;1-2,9-10H;2*1-3,8-9H;1-4,7-8H. The molecule has 5 aromatic rings. The zero-order valence-corrected chi connectivity index (χ0v) is 27.9. The molecule has 0 aliphatic carbocycles. The van der Waals surface area contributed by atoms with E-state index in [4.69, 9.17) is 51.1 Å². The SMILES string of the molecule is Cc1cc(O)c([N+](=O)[O-])c(O)c1.O=[N+]([O-])c1c(O)cccc1O.O=[N+]([O-])c1cc(O)c(O)c([N+](=O)[O-])c1.O=[N+]([O-])c1ccc(O)c(O)c1.Oc1ccccc1O. The fourth-order valence-electron chi connectivity index (χ4n) is 3.56. The van der Waals surface area contributed by atoms with Crippen LogP contribution >= 0.6 is 0 Å². The number of hydrogen-bond acceptors (Lipinski definition) is 20. The van der Waals surface area contributed by atoms with Crippen molar-refractivity contribution >= 4 is 28.4 Å². The van der Waals surface area contributed by atoms with Gasteiger partial charge in [-0.15, -0.1) is 0 Å². The van der Waals surface area contributed by atoms with Crippen LogP contribution in [-0.2, 0) is 0 Å². The summed E-state index contributed by atoms with van der Waals surface area (Å²) in [7, 11) is 0. The fourth-order valence-corrected chi connectivity index (χ4v) is 3.56. The number of benzene rings is 5. The molecule has 10 N–H and O–H groups in total. The van der Waals surface area contributed by atoms with Crippen LogP contribution in [0.4, 0.5) is 28.4 Å². The molecule has 0 fully saturated rings. The van der Waals surface area contributed by atoms with Gasteiger partial charge in [0.2, 0.25) is 5.75 Å². The molecule has 5 rings (SSSR count). The largest absolute Gasteiger partial charge is 0.504 e. The summed E-state index contributed by atoms with van der Waals surface area (Å²) >= 11 is 0. The Morgan fingerprint density at radius 3 is 1.12 bits per heavy atom. The van der Waals surface area contributed by atoms with Crippen LogP contribution in [0.1, 0.15) is 5.56 Å². The maximum atomic E-state index is 10.3. The molecule has 296 valence electrons. The van der Waals surface area contributed by atoms with Gasteiger partial charge in [-0.05, 0) is 55.0 Å². The molecule has 0 bridgehead atoms. The first kappa shape index (κ1) is 45.1. The maximum Gasteiger partial charge on any atom is 0.351 e. The van der Waals surface area contributed by atoms with Crippen LogP contribution < -0.4 is 0 Å². The van der Waals surface area contributed by atoms with Crippen LogP contribution in [0.3, 0.4) is 0 Å². The fraction of sp³-hybridized carbons (Fsp3) is 0.0323. The van der Waals surface area contributed by atoms with Gasteiger partial charge in [-0.25, -0.2) is 0 Å². The highest BCUT2D eigenvalue weighted by molar-refractivity contribution is 5.60. The van der Waals surface area contributed by atoms with Gasteiger partial charge < -0.3 is 51.1 Å². The van der Waals surface area contributed by atoms with Gasteiger partial charge in [-0.2, -0.15) is 0 Å². The summed E-state index contributed by atoms with van der Waals surface area (Å²) in [6.45, 7) is 1.61. The van der Waals surface area contributed by atoms with E-state index < -0.39 is 87.6 Å². The van der Waals surface area contributed by atoms with Crippen molar-refractivity contribution in [1.82, 2.24) is 0 Å². The molecule has 0 heterocycles. The Labute approximate surface area is 309 Å². The summed E-state index contributed by atoms with van der Waals surface area (Å²) in [6.07, 6.45) is 0. The van der Waals surface area contributed by atoms with Crippen molar-refractivity contribution in [2.75, 3.05) is 0 Å². The molecule has 25 nitrogen and oxygen atoms in total. The van der Waals surface area contributed by atoms with Gasteiger partial charge in [0.1, 0.15) is 0 Å². The van der Waals surface area contributed by atoms with Crippen LogP contribution in [0.5, 0.6) is 57.5 Å². The topological polar surface area (TPSA) is 418 Å². The molecule has 0 saturated heterocycles. The number of aromatic hydroxyl groups is 10. The molecule has 25 heteroatoms. The van der Waals surface area contributed by atoms with Gasteiger partial charge in [-0.1, -0.05) is 18.2 Å².